The number of hydrogen-bond donors (Lipinski definition) is 2. The number of aliphatic hydroxyl groups is 1. The molecule has 0 saturated heterocycles. The second-order valence-corrected chi connectivity index (χ2v) is 6.14. The Morgan fingerprint density at radius 1 is 1.19 bits per heavy atom. The van der Waals surface area contributed by atoms with Crippen molar-refractivity contribution < 1.29 is 5.11 Å². The first-order chi connectivity index (χ1) is 13.1. The van der Waals surface area contributed by atoms with Crippen molar-refractivity contribution >= 4 is 17.0 Å². The van der Waals surface area contributed by atoms with E-state index in [0.29, 0.717) is 34.1 Å². The van der Waals surface area contributed by atoms with Crippen molar-refractivity contribution in [2.45, 2.75) is 13.5 Å². The molecule has 0 bridgehead atoms. The van der Waals surface area contributed by atoms with E-state index in [2.05, 4.69) is 16.0 Å². The van der Waals surface area contributed by atoms with Crippen LogP contribution in [0.15, 0.2) is 48.7 Å². The van der Waals surface area contributed by atoms with Crippen molar-refractivity contribution in [3.05, 3.63) is 65.5 Å². The van der Waals surface area contributed by atoms with Gasteiger partial charge < -0.3 is 10.8 Å². The Morgan fingerprint density at radius 2 is 1.96 bits per heavy atom. The highest BCUT2D eigenvalue weighted by molar-refractivity contribution is 5.83. The maximum absolute atomic E-state index is 9.38. The zero-order valence-electron chi connectivity index (χ0n) is 14.6. The van der Waals surface area contributed by atoms with Gasteiger partial charge in [-0.15, -0.1) is 0 Å². The minimum Gasteiger partial charge on any atom is -0.392 e. The van der Waals surface area contributed by atoms with Crippen LogP contribution in [-0.4, -0.2) is 24.6 Å². The second-order valence-electron chi connectivity index (χ2n) is 6.14. The lowest BCUT2D eigenvalue weighted by atomic mass is 10.2. The van der Waals surface area contributed by atoms with E-state index in [1.54, 1.807) is 12.3 Å². The number of aromatic nitrogens is 4. The molecule has 4 aromatic rings. The molecule has 0 saturated carbocycles. The Kier molecular flexibility index (Phi) is 4.03. The van der Waals surface area contributed by atoms with Gasteiger partial charge in [0.2, 0.25) is 0 Å². The van der Waals surface area contributed by atoms with E-state index in [4.69, 9.17) is 10.7 Å². The van der Waals surface area contributed by atoms with Gasteiger partial charge >= 0.3 is 0 Å². The van der Waals surface area contributed by atoms with E-state index in [9.17, 15) is 10.4 Å². The second kappa shape index (κ2) is 6.52. The minimum absolute atomic E-state index is 0.0383. The van der Waals surface area contributed by atoms with Crippen molar-refractivity contribution in [2.75, 3.05) is 5.73 Å². The highest BCUT2D eigenvalue weighted by atomic mass is 16.3. The number of nitrogens with two attached hydrogens (primary N) is 1. The van der Waals surface area contributed by atoms with Gasteiger partial charge in [-0.25, -0.2) is 15.0 Å². The van der Waals surface area contributed by atoms with Crippen LogP contribution in [0.3, 0.4) is 0 Å². The van der Waals surface area contributed by atoms with Crippen LogP contribution in [-0.2, 0) is 6.61 Å². The van der Waals surface area contributed by atoms with Gasteiger partial charge in [-0.2, -0.15) is 5.26 Å². The van der Waals surface area contributed by atoms with Crippen LogP contribution in [0.2, 0.25) is 0 Å². The number of nitrogen functional groups attached to an aromatic ring is 1. The predicted molar refractivity (Wildman–Crippen MR) is 102 cm³/mol. The first-order valence-electron chi connectivity index (χ1n) is 8.33. The fourth-order valence-corrected chi connectivity index (χ4v) is 3.00. The van der Waals surface area contributed by atoms with E-state index in [1.165, 1.54) is 0 Å². The topological polar surface area (TPSA) is 114 Å². The number of rotatable bonds is 3. The summed E-state index contributed by atoms with van der Waals surface area (Å²) in [5.41, 5.74) is 10.7. The maximum Gasteiger partial charge on any atom is 0.166 e. The summed E-state index contributed by atoms with van der Waals surface area (Å²) in [6.07, 6.45) is 1.62. The first-order valence-corrected chi connectivity index (χ1v) is 8.33. The van der Waals surface area contributed by atoms with Gasteiger partial charge in [0.25, 0.3) is 0 Å². The Labute approximate surface area is 155 Å². The molecular weight excluding hydrogens is 340 g/mol. The number of nitrogens with zero attached hydrogens (tertiary/aromatic N) is 5. The van der Waals surface area contributed by atoms with Crippen LogP contribution in [0.1, 0.15) is 16.8 Å². The van der Waals surface area contributed by atoms with Gasteiger partial charge in [-0.1, -0.05) is 12.1 Å². The number of imidazole rings is 1. The highest BCUT2D eigenvalue weighted by Gasteiger charge is 2.19. The predicted octanol–water partition coefficient (Wildman–Crippen LogP) is 2.74. The Hall–Kier alpha value is -3.76. The number of aryl methyl sites for hydroxylation is 1. The van der Waals surface area contributed by atoms with Gasteiger partial charge in [0.15, 0.2) is 11.5 Å². The highest BCUT2D eigenvalue weighted by Crippen LogP contribution is 2.31. The summed E-state index contributed by atoms with van der Waals surface area (Å²) in [6.45, 7) is 1.79. The third-order valence-electron chi connectivity index (χ3n) is 4.39. The van der Waals surface area contributed by atoms with Gasteiger partial charge in [-0.05, 0) is 48.4 Å². The van der Waals surface area contributed by atoms with Gasteiger partial charge in [0.05, 0.1) is 12.2 Å². The van der Waals surface area contributed by atoms with Crippen LogP contribution in [0.25, 0.3) is 28.2 Å². The molecule has 0 unspecified atom stereocenters. The van der Waals surface area contributed by atoms with Gasteiger partial charge in [-0.3, -0.25) is 4.57 Å². The molecule has 0 spiro atoms. The Bertz CT molecular complexity index is 1190. The molecule has 4 rings (SSSR count). The fourth-order valence-electron chi connectivity index (χ4n) is 3.00. The number of fused-ring (bicyclic) bond motifs is 1. The van der Waals surface area contributed by atoms with E-state index in [1.807, 2.05) is 47.9 Å². The van der Waals surface area contributed by atoms with Crippen LogP contribution < -0.4 is 5.73 Å². The number of benzene rings is 1. The van der Waals surface area contributed by atoms with E-state index < -0.39 is 0 Å². The Morgan fingerprint density at radius 3 is 2.63 bits per heavy atom. The minimum atomic E-state index is -0.0383. The summed E-state index contributed by atoms with van der Waals surface area (Å²) >= 11 is 0. The summed E-state index contributed by atoms with van der Waals surface area (Å²) in [6, 6.07) is 15.0. The van der Waals surface area contributed by atoms with E-state index in [0.717, 1.165) is 16.8 Å². The molecule has 3 heterocycles. The fraction of sp³-hybridized carbons (Fsp3) is 0.100. The lowest BCUT2D eigenvalue weighted by Gasteiger charge is -2.11. The average Bonchev–Trinajstić information content (AvgIpc) is 3.05. The maximum atomic E-state index is 9.38. The quantitative estimate of drug-likeness (QED) is 0.583. The molecule has 3 aromatic heterocycles. The molecule has 0 amide bonds. The molecule has 7 heteroatoms. The van der Waals surface area contributed by atoms with Crippen molar-refractivity contribution in [3.63, 3.8) is 0 Å². The van der Waals surface area contributed by atoms with Crippen LogP contribution in [0.5, 0.6) is 0 Å². The van der Waals surface area contributed by atoms with Crippen molar-refractivity contribution in [1.82, 2.24) is 19.5 Å². The lowest BCUT2D eigenvalue weighted by molar-refractivity contribution is 0.282. The normalized spacial score (nSPS) is 10.9. The zero-order chi connectivity index (χ0) is 19.0. The third kappa shape index (κ3) is 2.78. The molecule has 0 aliphatic carbocycles. The molecule has 7 nitrogen and oxygen atoms in total. The van der Waals surface area contributed by atoms with Crippen molar-refractivity contribution in [2.24, 2.45) is 0 Å². The summed E-state index contributed by atoms with van der Waals surface area (Å²) < 4.78 is 1.85. The SMILES string of the molecule is Cc1cc2nc(-c3cccnc3N)n(-c3ccc(CO)cc3)c2nc1C#N. The summed E-state index contributed by atoms with van der Waals surface area (Å²) in [4.78, 5) is 13.4. The van der Waals surface area contributed by atoms with Crippen LogP contribution in [0, 0.1) is 18.3 Å². The summed E-state index contributed by atoms with van der Waals surface area (Å²) in [5.74, 6) is 0.951. The monoisotopic (exact) mass is 356 g/mol. The zero-order valence-corrected chi connectivity index (χ0v) is 14.6. The van der Waals surface area contributed by atoms with Gasteiger partial charge in [0, 0.05) is 11.9 Å². The van der Waals surface area contributed by atoms with E-state index >= 15 is 0 Å². The Balaban J connectivity index is 2.07. The van der Waals surface area contributed by atoms with Crippen LogP contribution in [0.4, 0.5) is 5.82 Å². The first kappa shape index (κ1) is 16.7. The summed E-state index contributed by atoms with van der Waals surface area (Å²) in [5, 5.41) is 18.7. The smallest absolute Gasteiger partial charge is 0.166 e. The average molecular weight is 356 g/mol. The molecular formula is C20H16N6O. The number of pyridine rings is 2. The third-order valence-corrected chi connectivity index (χ3v) is 4.39. The number of nitriles is 1. The molecule has 0 fully saturated rings. The lowest BCUT2D eigenvalue weighted by Crippen LogP contribution is -2.02. The number of aliphatic hydroxyl groups excluding tert-OH is 1. The molecule has 3 N–H and O–H groups in total. The molecule has 0 atom stereocenters. The van der Waals surface area contributed by atoms with Gasteiger partial charge in [0.1, 0.15) is 23.1 Å². The van der Waals surface area contributed by atoms with Crippen molar-refractivity contribution in [3.8, 4) is 23.1 Å². The molecule has 132 valence electrons. The van der Waals surface area contributed by atoms with Crippen molar-refractivity contribution in [1.29, 1.82) is 5.26 Å². The van der Waals surface area contributed by atoms with E-state index in [-0.39, 0.29) is 6.61 Å². The molecule has 0 radical (unpaired) electrons. The van der Waals surface area contributed by atoms with Crippen LogP contribution >= 0.6 is 0 Å². The molecule has 27 heavy (non-hydrogen) atoms. The molecule has 0 aliphatic heterocycles. The number of anilines is 1. The largest absolute Gasteiger partial charge is 0.392 e. The standard InChI is InChI=1S/C20H16N6O/c1-12-9-16-20(25-17(12)10-21)26(14-6-4-13(11-27)5-7-14)19(24-16)15-3-2-8-23-18(15)22/h2-9,27H,11H2,1H3,(H2,22,23). The summed E-state index contributed by atoms with van der Waals surface area (Å²) in [7, 11) is 0. The number of hydrogen-bond acceptors (Lipinski definition) is 6. The molecule has 0 aliphatic rings. The molecule has 1 aromatic carbocycles.